The van der Waals surface area contributed by atoms with Crippen LogP contribution in [0.15, 0.2) is 47.3 Å². The number of likely N-dealkylation sites (tertiary alicyclic amines) is 1. The Balaban J connectivity index is 1.52. The van der Waals surface area contributed by atoms with E-state index in [2.05, 4.69) is 4.98 Å². The zero-order valence-corrected chi connectivity index (χ0v) is 15.8. The molecule has 1 N–H and O–H groups in total. The van der Waals surface area contributed by atoms with Gasteiger partial charge in [0.15, 0.2) is 0 Å². The number of aryl methyl sites for hydroxylation is 2. The Morgan fingerprint density at radius 2 is 1.89 bits per heavy atom. The molecule has 5 rings (SSSR count). The number of aromatic amines is 1. The number of nitrogens with one attached hydrogen (secondary N) is 1. The van der Waals surface area contributed by atoms with E-state index in [0.717, 1.165) is 40.7 Å². The maximum atomic E-state index is 13.3. The van der Waals surface area contributed by atoms with Crippen LogP contribution in [0.4, 0.5) is 0 Å². The standard InChI is InChI=1S/C21H21N5O2/c1-24-16-10-9-13(12-18(16)25(2)21(24)28)20(27)26-11-5-8-17(26)19-22-14-6-3-4-7-15(14)23-19/h3-4,6-7,9-10,12,17H,5,8,11H2,1-2H3,(H,22,23)/t17-/m1/s1. The highest BCUT2D eigenvalue weighted by molar-refractivity contribution is 5.98. The number of carbonyl (C=O) groups excluding carboxylic acids is 1. The van der Waals surface area contributed by atoms with Crippen LogP contribution in [-0.4, -0.2) is 36.5 Å². The minimum atomic E-state index is -0.0964. The zero-order chi connectivity index (χ0) is 19.4. The first-order valence-corrected chi connectivity index (χ1v) is 9.45. The summed E-state index contributed by atoms with van der Waals surface area (Å²) in [7, 11) is 3.47. The molecular formula is C21H21N5O2. The molecule has 4 aromatic rings. The Hall–Kier alpha value is -3.35. The first-order chi connectivity index (χ1) is 13.5. The molecule has 0 saturated carbocycles. The zero-order valence-electron chi connectivity index (χ0n) is 15.8. The highest BCUT2D eigenvalue weighted by Crippen LogP contribution is 2.33. The Bertz CT molecular complexity index is 1250. The molecule has 7 nitrogen and oxygen atoms in total. The number of fused-ring (bicyclic) bond motifs is 2. The van der Waals surface area contributed by atoms with Gasteiger partial charge in [-0.3, -0.25) is 13.9 Å². The first-order valence-electron chi connectivity index (χ1n) is 9.45. The number of carbonyl (C=O) groups is 1. The minimum absolute atomic E-state index is 0.0267. The molecule has 0 bridgehead atoms. The molecule has 1 aliphatic heterocycles. The van der Waals surface area contributed by atoms with Crippen LogP contribution < -0.4 is 5.69 Å². The lowest BCUT2D eigenvalue weighted by atomic mass is 10.1. The van der Waals surface area contributed by atoms with Gasteiger partial charge in [-0.2, -0.15) is 0 Å². The average Bonchev–Trinajstić information content (AvgIpc) is 3.41. The van der Waals surface area contributed by atoms with E-state index in [0.29, 0.717) is 12.1 Å². The van der Waals surface area contributed by atoms with E-state index < -0.39 is 0 Å². The van der Waals surface area contributed by atoms with Crippen molar-refractivity contribution in [3.8, 4) is 0 Å². The van der Waals surface area contributed by atoms with Crippen LogP contribution in [0.25, 0.3) is 22.1 Å². The van der Waals surface area contributed by atoms with Crippen molar-refractivity contribution in [3.05, 3.63) is 64.3 Å². The lowest BCUT2D eigenvalue weighted by Gasteiger charge is -2.23. The second kappa shape index (κ2) is 6.09. The van der Waals surface area contributed by atoms with Gasteiger partial charge in [0.2, 0.25) is 0 Å². The molecule has 0 aliphatic carbocycles. The van der Waals surface area contributed by atoms with Crippen LogP contribution in [0.1, 0.15) is 35.1 Å². The third-order valence-corrected chi connectivity index (χ3v) is 5.76. The highest BCUT2D eigenvalue weighted by atomic mass is 16.2. The van der Waals surface area contributed by atoms with E-state index in [1.54, 1.807) is 29.3 Å². The van der Waals surface area contributed by atoms with E-state index in [4.69, 9.17) is 4.98 Å². The number of H-pyrrole nitrogens is 1. The summed E-state index contributed by atoms with van der Waals surface area (Å²) in [5.74, 6) is 0.807. The van der Waals surface area contributed by atoms with Crippen LogP contribution in [-0.2, 0) is 14.1 Å². The molecule has 1 aliphatic rings. The number of hydrogen-bond donors (Lipinski definition) is 1. The Morgan fingerprint density at radius 3 is 2.71 bits per heavy atom. The second-order valence-corrected chi connectivity index (χ2v) is 7.40. The molecule has 1 fully saturated rings. The van der Waals surface area contributed by atoms with E-state index in [9.17, 15) is 9.59 Å². The molecule has 0 radical (unpaired) electrons. The van der Waals surface area contributed by atoms with Crippen molar-refractivity contribution in [3.63, 3.8) is 0 Å². The number of nitrogens with zero attached hydrogens (tertiary/aromatic N) is 4. The van der Waals surface area contributed by atoms with Gasteiger partial charge in [0.05, 0.1) is 28.1 Å². The first kappa shape index (κ1) is 16.8. The van der Waals surface area contributed by atoms with Crippen molar-refractivity contribution in [1.82, 2.24) is 24.0 Å². The summed E-state index contributed by atoms with van der Waals surface area (Å²) < 4.78 is 3.17. The summed E-state index contributed by atoms with van der Waals surface area (Å²) in [5.41, 5.74) is 3.98. The predicted molar refractivity (Wildman–Crippen MR) is 107 cm³/mol. The van der Waals surface area contributed by atoms with Crippen LogP contribution in [0.5, 0.6) is 0 Å². The number of imidazole rings is 2. The summed E-state index contributed by atoms with van der Waals surface area (Å²) in [5, 5.41) is 0. The van der Waals surface area contributed by atoms with Crippen molar-refractivity contribution < 1.29 is 4.79 Å². The number of amides is 1. The fourth-order valence-corrected chi connectivity index (χ4v) is 4.23. The maximum Gasteiger partial charge on any atom is 0.328 e. The number of para-hydroxylation sites is 2. The quantitative estimate of drug-likeness (QED) is 0.585. The van der Waals surface area contributed by atoms with Crippen LogP contribution in [0.3, 0.4) is 0 Å². The molecule has 2 aromatic heterocycles. The third kappa shape index (κ3) is 2.39. The molecule has 142 valence electrons. The summed E-state index contributed by atoms with van der Waals surface area (Å²) in [6.07, 6.45) is 1.83. The van der Waals surface area contributed by atoms with E-state index >= 15 is 0 Å². The normalized spacial score (nSPS) is 17.1. The van der Waals surface area contributed by atoms with Gasteiger partial charge in [0.25, 0.3) is 5.91 Å². The van der Waals surface area contributed by atoms with Crippen molar-refractivity contribution in [2.45, 2.75) is 18.9 Å². The van der Waals surface area contributed by atoms with Crippen LogP contribution >= 0.6 is 0 Å². The summed E-state index contributed by atoms with van der Waals surface area (Å²) in [4.78, 5) is 35.4. The number of hydrogen-bond acceptors (Lipinski definition) is 3. The molecule has 2 aromatic carbocycles. The average molecular weight is 375 g/mol. The molecule has 0 unspecified atom stereocenters. The summed E-state index contributed by atoms with van der Waals surface area (Å²) in [6.45, 7) is 0.701. The van der Waals surface area contributed by atoms with E-state index in [-0.39, 0.29) is 17.6 Å². The summed E-state index contributed by atoms with van der Waals surface area (Å²) >= 11 is 0. The van der Waals surface area contributed by atoms with Gasteiger partial charge in [-0.05, 0) is 43.2 Å². The van der Waals surface area contributed by atoms with Crippen LogP contribution in [0.2, 0.25) is 0 Å². The highest BCUT2D eigenvalue weighted by Gasteiger charge is 2.33. The number of aromatic nitrogens is 4. The molecule has 1 saturated heterocycles. The number of benzene rings is 2. The van der Waals surface area contributed by atoms with Gasteiger partial charge < -0.3 is 9.88 Å². The Labute approximate surface area is 161 Å². The van der Waals surface area contributed by atoms with Gasteiger partial charge in [0, 0.05) is 26.2 Å². The fraction of sp³-hybridized carbons (Fsp3) is 0.286. The van der Waals surface area contributed by atoms with Gasteiger partial charge in [0.1, 0.15) is 5.82 Å². The van der Waals surface area contributed by atoms with Crippen molar-refractivity contribution in [1.29, 1.82) is 0 Å². The Kier molecular flexibility index (Phi) is 3.65. The molecule has 1 atom stereocenters. The molecule has 7 heteroatoms. The molecule has 3 heterocycles. The van der Waals surface area contributed by atoms with Gasteiger partial charge in [-0.1, -0.05) is 12.1 Å². The van der Waals surface area contributed by atoms with E-state index in [1.807, 2.05) is 41.3 Å². The van der Waals surface area contributed by atoms with E-state index in [1.165, 1.54) is 0 Å². The van der Waals surface area contributed by atoms with Crippen molar-refractivity contribution in [2.24, 2.45) is 14.1 Å². The third-order valence-electron chi connectivity index (χ3n) is 5.76. The molecule has 0 spiro atoms. The second-order valence-electron chi connectivity index (χ2n) is 7.40. The van der Waals surface area contributed by atoms with Crippen molar-refractivity contribution >= 4 is 28.0 Å². The predicted octanol–water partition coefficient (Wildman–Crippen LogP) is 2.73. The lowest BCUT2D eigenvalue weighted by molar-refractivity contribution is 0.0730. The molecule has 28 heavy (non-hydrogen) atoms. The van der Waals surface area contributed by atoms with Crippen LogP contribution in [0, 0.1) is 0 Å². The lowest BCUT2D eigenvalue weighted by Crippen LogP contribution is -2.31. The van der Waals surface area contributed by atoms with Gasteiger partial charge >= 0.3 is 5.69 Å². The largest absolute Gasteiger partial charge is 0.340 e. The van der Waals surface area contributed by atoms with Gasteiger partial charge in [-0.25, -0.2) is 9.78 Å². The van der Waals surface area contributed by atoms with Crippen molar-refractivity contribution in [2.75, 3.05) is 6.54 Å². The maximum absolute atomic E-state index is 13.3. The SMILES string of the molecule is Cn1c(=O)n(C)c2cc(C(=O)N3CCC[C@@H]3c3nc4ccccc4[nH]3)ccc21. The Morgan fingerprint density at radius 1 is 1.11 bits per heavy atom. The topological polar surface area (TPSA) is 75.9 Å². The smallest absolute Gasteiger partial charge is 0.328 e. The monoisotopic (exact) mass is 375 g/mol. The fourth-order valence-electron chi connectivity index (χ4n) is 4.23. The summed E-state index contributed by atoms with van der Waals surface area (Å²) in [6, 6.07) is 13.3. The minimum Gasteiger partial charge on any atom is -0.340 e. The van der Waals surface area contributed by atoms with Gasteiger partial charge in [-0.15, -0.1) is 0 Å². The number of rotatable bonds is 2. The molecule has 1 amide bonds. The molecular weight excluding hydrogens is 354 g/mol.